The summed E-state index contributed by atoms with van der Waals surface area (Å²) in [6.07, 6.45) is 0. The first-order valence-corrected chi connectivity index (χ1v) is 10.5. The second-order valence-electron chi connectivity index (χ2n) is 8.07. The van der Waals surface area contributed by atoms with E-state index in [9.17, 15) is 0 Å². The summed E-state index contributed by atoms with van der Waals surface area (Å²) in [4.78, 5) is 4.61. The Balaban J connectivity index is 1.36. The van der Waals surface area contributed by atoms with Gasteiger partial charge in [-0.3, -0.25) is 0 Å². The number of fused-ring (bicyclic) bond motifs is 1. The molecule has 0 saturated heterocycles. The Bertz CT molecular complexity index is 1630. The predicted octanol–water partition coefficient (Wildman–Crippen LogP) is 8.06. The summed E-state index contributed by atoms with van der Waals surface area (Å²) in [5.74, 6) is 0.656. The highest BCUT2D eigenvalue weighted by Gasteiger charge is 2.11. The van der Waals surface area contributed by atoms with Crippen LogP contribution in [0.25, 0.3) is 66.0 Å². The molecular weight excluding hydrogens is 378 g/mol. The number of hydrogen-bond acceptors (Lipinski definition) is 2. The standard InChI is InChI=1S/C29H17NO/c1-2-7-26-25(6-1)30-29(31-26)21-12-8-18(9-13-21)24-16-22-14-10-19-4-3-5-20-11-15-23(17-24)28(22)27(19)20/h1-17H. The van der Waals surface area contributed by atoms with Gasteiger partial charge >= 0.3 is 0 Å². The van der Waals surface area contributed by atoms with Crippen LogP contribution in [0.3, 0.4) is 0 Å². The molecule has 0 aliphatic carbocycles. The number of rotatable bonds is 2. The maximum Gasteiger partial charge on any atom is 0.227 e. The van der Waals surface area contributed by atoms with Crippen molar-refractivity contribution >= 4 is 43.4 Å². The van der Waals surface area contributed by atoms with Crippen LogP contribution in [0.1, 0.15) is 0 Å². The number of hydrogen-bond donors (Lipinski definition) is 0. The van der Waals surface area contributed by atoms with Crippen molar-refractivity contribution in [3.8, 4) is 22.6 Å². The van der Waals surface area contributed by atoms with Crippen molar-refractivity contribution in [1.29, 1.82) is 0 Å². The van der Waals surface area contributed by atoms with Gasteiger partial charge in [0.2, 0.25) is 5.89 Å². The average molecular weight is 395 g/mol. The van der Waals surface area contributed by atoms with Crippen LogP contribution in [-0.2, 0) is 0 Å². The second kappa shape index (κ2) is 6.16. The number of para-hydroxylation sites is 2. The molecule has 0 saturated carbocycles. The van der Waals surface area contributed by atoms with E-state index in [-0.39, 0.29) is 0 Å². The third kappa shape index (κ3) is 2.48. The van der Waals surface area contributed by atoms with E-state index in [1.54, 1.807) is 0 Å². The zero-order chi connectivity index (χ0) is 20.4. The normalized spacial score (nSPS) is 11.9. The van der Waals surface area contributed by atoms with Gasteiger partial charge in [-0.1, -0.05) is 66.7 Å². The molecular formula is C29H17NO. The van der Waals surface area contributed by atoms with Crippen molar-refractivity contribution in [2.24, 2.45) is 0 Å². The molecule has 1 aromatic heterocycles. The van der Waals surface area contributed by atoms with Crippen LogP contribution in [0.15, 0.2) is 108 Å². The lowest BCUT2D eigenvalue weighted by molar-refractivity contribution is 0.620. The monoisotopic (exact) mass is 395 g/mol. The highest BCUT2D eigenvalue weighted by atomic mass is 16.3. The third-order valence-corrected chi connectivity index (χ3v) is 6.22. The second-order valence-corrected chi connectivity index (χ2v) is 8.07. The van der Waals surface area contributed by atoms with E-state index in [0.29, 0.717) is 5.89 Å². The van der Waals surface area contributed by atoms with Crippen LogP contribution >= 0.6 is 0 Å². The molecule has 144 valence electrons. The minimum atomic E-state index is 0.656. The summed E-state index contributed by atoms with van der Waals surface area (Å²) < 4.78 is 5.92. The smallest absolute Gasteiger partial charge is 0.227 e. The van der Waals surface area contributed by atoms with Crippen LogP contribution in [0.5, 0.6) is 0 Å². The Morgan fingerprint density at radius 2 is 1.10 bits per heavy atom. The number of benzene rings is 6. The van der Waals surface area contributed by atoms with Gasteiger partial charge in [0.15, 0.2) is 5.58 Å². The van der Waals surface area contributed by atoms with Crippen LogP contribution in [0.4, 0.5) is 0 Å². The van der Waals surface area contributed by atoms with E-state index in [1.165, 1.54) is 43.4 Å². The molecule has 1 heterocycles. The van der Waals surface area contributed by atoms with E-state index >= 15 is 0 Å². The predicted molar refractivity (Wildman–Crippen MR) is 129 cm³/mol. The van der Waals surface area contributed by atoms with Gasteiger partial charge < -0.3 is 4.42 Å². The quantitative estimate of drug-likeness (QED) is 0.277. The summed E-state index contributed by atoms with van der Waals surface area (Å²) in [5, 5.41) is 7.86. The first-order valence-electron chi connectivity index (χ1n) is 10.5. The highest BCUT2D eigenvalue weighted by molar-refractivity contribution is 6.23. The molecule has 2 heteroatoms. The van der Waals surface area contributed by atoms with Crippen molar-refractivity contribution in [2.75, 3.05) is 0 Å². The van der Waals surface area contributed by atoms with Crippen molar-refractivity contribution in [3.63, 3.8) is 0 Å². The van der Waals surface area contributed by atoms with Gasteiger partial charge in [0.05, 0.1) is 0 Å². The maximum atomic E-state index is 5.92. The molecule has 2 nitrogen and oxygen atoms in total. The lowest BCUT2D eigenvalue weighted by Gasteiger charge is -2.13. The van der Waals surface area contributed by atoms with E-state index in [2.05, 4.69) is 83.8 Å². The first-order chi connectivity index (χ1) is 15.3. The summed E-state index contributed by atoms with van der Waals surface area (Å²) in [6, 6.07) is 36.4. The van der Waals surface area contributed by atoms with Gasteiger partial charge in [-0.2, -0.15) is 0 Å². The molecule has 0 fully saturated rings. The van der Waals surface area contributed by atoms with E-state index in [0.717, 1.165) is 16.7 Å². The Morgan fingerprint density at radius 1 is 0.484 bits per heavy atom. The summed E-state index contributed by atoms with van der Waals surface area (Å²) >= 11 is 0. The number of oxazole rings is 1. The van der Waals surface area contributed by atoms with Gasteiger partial charge in [-0.25, -0.2) is 4.98 Å². The van der Waals surface area contributed by atoms with Crippen LogP contribution in [0, 0.1) is 0 Å². The van der Waals surface area contributed by atoms with Crippen molar-refractivity contribution in [1.82, 2.24) is 4.98 Å². The van der Waals surface area contributed by atoms with E-state index < -0.39 is 0 Å². The Hall–Kier alpha value is -4.17. The van der Waals surface area contributed by atoms with Gasteiger partial charge in [0, 0.05) is 5.56 Å². The fourth-order valence-corrected chi connectivity index (χ4v) is 4.72. The van der Waals surface area contributed by atoms with Crippen molar-refractivity contribution in [2.45, 2.75) is 0 Å². The summed E-state index contributed by atoms with van der Waals surface area (Å²) in [7, 11) is 0. The summed E-state index contributed by atoms with van der Waals surface area (Å²) in [6.45, 7) is 0. The average Bonchev–Trinajstić information content (AvgIpc) is 3.27. The zero-order valence-corrected chi connectivity index (χ0v) is 16.7. The first kappa shape index (κ1) is 16.6. The largest absolute Gasteiger partial charge is 0.436 e. The molecule has 0 aliphatic rings. The Kier molecular flexibility index (Phi) is 3.30. The fraction of sp³-hybridized carbons (Fsp3) is 0. The molecule has 0 radical (unpaired) electrons. The molecule has 0 N–H and O–H groups in total. The molecule has 0 atom stereocenters. The fourth-order valence-electron chi connectivity index (χ4n) is 4.72. The minimum absolute atomic E-state index is 0.656. The SMILES string of the molecule is c1cc2ccc3cc(-c4ccc(-c5nc6ccccc6o5)cc4)cc4ccc(c1)c2c34. The topological polar surface area (TPSA) is 26.0 Å². The molecule has 7 aromatic rings. The molecule has 0 bridgehead atoms. The van der Waals surface area contributed by atoms with E-state index in [1.807, 2.05) is 24.3 Å². The Morgan fingerprint density at radius 3 is 1.81 bits per heavy atom. The highest BCUT2D eigenvalue weighted by Crippen LogP contribution is 2.37. The maximum absolute atomic E-state index is 5.92. The minimum Gasteiger partial charge on any atom is -0.436 e. The van der Waals surface area contributed by atoms with Crippen molar-refractivity contribution in [3.05, 3.63) is 103 Å². The van der Waals surface area contributed by atoms with E-state index in [4.69, 9.17) is 4.42 Å². The lowest BCUT2D eigenvalue weighted by atomic mass is 9.91. The summed E-state index contributed by atoms with van der Waals surface area (Å²) in [5.41, 5.74) is 5.08. The van der Waals surface area contributed by atoms with Gasteiger partial charge in [-0.15, -0.1) is 0 Å². The molecule has 0 amide bonds. The zero-order valence-electron chi connectivity index (χ0n) is 16.7. The number of nitrogens with zero attached hydrogens (tertiary/aromatic N) is 1. The van der Waals surface area contributed by atoms with Crippen LogP contribution in [0.2, 0.25) is 0 Å². The van der Waals surface area contributed by atoms with Crippen LogP contribution < -0.4 is 0 Å². The lowest BCUT2D eigenvalue weighted by Crippen LogP contribution is -1.86. The van der Waals surface area contributed by atoms with Crippen molar-refractivity contribution < 1.29 is 4.42 Å². The molecule has 0 unspecified atom stereocenters. The number of aromatic nitrogens is 1. The third-order valence-electron chi connectivity index (χ3n) is 6.22. The van der Waals surface area contributed by atoms with Gasteiger partial charge in [0.1, 0.15) is 5.52 Å². The molecule has 31 heavy (non-hydrogen) atoms. The van der Waals surface area contributed by atoms with Crippen LogP contribution in [-0.4, -0.2) is 4.98 Å². The molecule has 7 rings (SSSR count). The molecule has 0 aliphatic heterocycles. The Labute approximate surface area is 178 Å². The molecule has 0 spiro atoms. The van der Waals surface area contributed by atoms with Gasteiger partial charge in [-0.05, 0) is 79.8 Å². The molecule has 6 aromatic carbocycles. The van der Waals surface area contributed by atoms with Gasteiger partial charge in [0.25, 0.3) is 0 Å².